The van der Waals surface area contributed by atoms with Crippen LogP contribution in [0.3, 0.4) is 0 Å². The van der Waals surface area contributed by atoms with Crippen LogP contribution in [0, 0.1) is 5.92 Å². The summed E-state index contributed by atoms with van der Waals surface area (Å²) in [6.07, 6.45) is 5.35. The maximum Gasteiger partial charge on any atom is 0.338 e. The third-order valence-electron chi connectivity index (χ3n) is 3.97. The number of esters is 1. The van der Waals surface area contributed by atoms with E-state index in [1.807, 2.05) is 6.07 Å². The molecule has 1 aliphatic carbocycles. The molecule has 1 aromatic rings. The van der Waals surface area contributed by atoms with Crippen molar-refractivity contribution in [3.8, 4) is 0 Å². The molecule has 0 amide bonds. The number of carbonyl (C=O) groups is 1. The standard InChI is InChI=1S/C15H20ClNO2.ClH/c1-19-15(18)13-8-7-12(16)9-11(13)6-5-10-3-2-4-14(10)17;/h7-10,14H,2-6,17H2,1H3;1H/t10-,14-;/m0./s1. The van der Waals surface area contributed by atoms with Crippen LogP contribution in [0.5, 0.6) is 0 Å². The van der Waals surface area contributed by atoms with E-state index in [2.05, 4.69) is 0 Å². The van der Waals surface area contributed by atoms with Crippen LogP contribution >= 0.6 is 24.0 Å². The molecule has 20 heavy (non-hydrogen) atoms. The number of rotatable bonds is 4. The summed E-state index contributed by atoms with van der Waals surface area (Å²) < 4.78 is 4.80. The summed E-state index contributed by atoms with van der Waals surface area (Å²) in [5.74, 6) is 0.256. The summed E-state index contributed by atoms with van der Waals surface area (Å²) in [5, 5.41) is 0.651. The molecule has 5 heteroatoms. The van der Waals surface area contributed by atoms with Crippen molar-refractivity contribution in [2.24, 2.45) is 11.7 Å². The summed E-state index contributed by atoms with van der Waals surface area (Å²) in [7, 11) is 1.40. The molecule has 112 valence electrons. The topological polar surface area (TPSA) is 52.3 Å². The second-order valence-electron chi connectivity index (χ2n) is 5.19. The molecule has 0 radical (unpaired) electrons. The molecule has 3 nitrogen and oxygen atoms in total. The fourth-order valence-electron chi connectivity index (χ4n) is 2.84. The average Bonchev–Trinajstić information content (AvgIpc) is 2.81. The normalized spacial score (nSPS) is 21.4. The van der Waals surface area contributed by atoms with Crippen molar-refractivity contribution in [2.75, 3.05) is 7.11 Å². The van der Waals surface area contributed by atoms with Crippen molar-refractivity contribution in [2.45, 2.75) is 38.1 Å². The number of carbonyl (C=O) groups excluding carboxylic acids is 1. The van der Waals surface area contributed by atoms with Crippen LogP contribution in [0.25, 0.3) is 0 Å². The zero-order chi connectivity index (χ0) is 13.8. The first-order valence-corrected chi connectivity index (χ1v) is 7.12. The second-order valence-corrected chi connectivity index (χ2v) is 5.62. The number of nitrogens with two attached hydrogens (primary N) is 1. The molecule has 1 aromatic carbocycles. The molecule has 0 heterocycles. The summed E-state index contributed by atoms with van der Waals surface area (Å²) in [6.45, 7) is 0. The summed E-state index contributed by atoms with van der Waals surface area (Å²) in [6, 6.07) is 5.62. The van der Waals surface area contributed by atoms with Crippen LogP contribution in [-0.2, 0) is 11.2 Å². The van der Waals surface area contributed by atoms with E-state index in [-0.39, 0.29) is 18.4 Å². The molecule has 0 aliphatic heterocycles. The fourth-order valence-corrected chi connectivity index (χ4v) is 3.04. The molecule has 0 aromatic heterocycles. The van der Waals surface area contributed by atoms with Crippen molar-refractivity contribution >= 4 is 30.0 Å². The number of aryl methyl sites for hydroxylation is 1. The Morgan fingerprint density at radius 2 is 2.20 bits per heavy atom. The highest BCUT2D eigenvalue weighted by Gasteiger charge is 2.24. The van der Waals surface area contributed by atoms with Gasteiger partial charge in [0.1, 0.15) is 0 Å². The number of hydrogen-bond acceptors (Lipinski definition) is 3. The minimum Gasteiger partial charge on any atom is -0.465 e. The lowest BCUT2D eigenvalue weighted by molar-refractivity contribution is 0.0599. The van der Waals surface area contributed by atoms with Crippen LogP contribution in [-0.4, -0.2) is 19.1 Å². The SMILES string of the molecule is COC(=O)c1ccc(Cl)cc1CC[C@@H]1CCC[C@@H]1N.Cl. The number of halogens is 2. The van der Waals surface area contributed by atoms with Gasteiger partial charge in [0.15, 0.2) is 0 Å². The molecule has 0 unspecified atom stereocenters. The van der Waals surface area contributed by atoms with Gasteiger partial charge in [-0.1, -0.05) is 18.0 Å². The molecule has 2 atom stereocenters. The van der Waals surface area contributed by atoms with Crippen LogP contribution in [0.4, 0.5) is 0 Å². The average molecular weight is 318 g/mol. The van der Waals surface area contributed by atoms with Crippen molar-refractivity contribution in [1.29, 1.82) is 0 Å². The Labute approximate surface area is 131 Å². The van der Waals surface area contributed by atoms with Gasteiger partial charge >= 0.3 is 5.97 Å². The molecule has 2 rings (SSSR count). The van der Waals surface area contributed by atoms with Gasteiger partial charge in [0.25, 0.3) is 0 Å². The van der Waals surface area contributed by atoms with E-state index < -0.39 is 0 Å². The van der Waals surface area contributed by atoms with Gasteiger partial charge in [0, 0.05) is 11.1 Å². The quantitative estimate of drug-likeness (QED) is 0.863. The lowest BCUT2D eigenvalue weighted by Gasteiger charge is -2.16. The van der Waals surface area contributed by atoms with Gasteiger partial charge in [0.2, 0.25) is 0 Å². The Morgan fingerprint density at radius 1 is 1.45 bits per heavy atom. The molecular formula is C15H21Cl2NO2. The van der Waals surface area contributed by atoms with E-state index in [0.717, 1.165) is 24.8 Å². The molecular weight excluding hydrogens is 297 g/mol. The Morgan fingerprint density at radius 3 is 2.80 bits per heavy atom. The summed E-state index contributed by atoms with van der Waals surface area (Å²) >= 11 is 6.01. The van der Waals surface area contributed by atoms with E-state index in [0.29, 0.717) is 22.5 Å². The highest BCUT2D eigenvalue weighted by atomic mass is 35.5. The first kappa shape index (κ1) is 17.3. The zero-order valence-electron chi connectivity index (χ0n) is 11.6. The number of ether oxygens (including phenoxy) is 1. The van der Waals surface area contributed by atoms with Gasteiger partial charge in [-0.15, -0.1) is 12.4 Å². The second kappa shape index (κ2) is 7.87. The largest absolute Gasteiger partial charge is 0.465 e. The lowest BCUT2D eigenvalue weighted by atomic mass is 9.93. The Hall–Kier alpha value is -0.770. The van der Waals surface area contributed by atoms with Crippen molar-refractivity contribution < 1.29 is 9.53 Å². The molecule has 0 saturated heterocycles. The summed E-state index contributed by atoms with van der Waals surface area (Å²) in [5.41, 5.74) is 7.65. The highest BCUT2D eigenvalue weighted by Crippen LogP contribution is 2.29. The summed E-state index contributed by atoms with van der Waals surface area (Å²) in [4.78, 5) is 11.7. The predicted molar refractivity (Wildman–Crippen MR) is 83.7 cm³/mol. The minimum atomic E-state index is -0.303. The minimum absolute atomic E-state index is 0. The Kier molecular flexibility index (Phi) is 6.80. The van der Waals surface area contributed by atoms with Gasteiger partial charge in [-0.3, -0.25) is 0 Å². The van der Waals surface area contributed by atoms with Gasteiger partial charge in [0.05, 0.1) is 12.7 Å². The molecule has 1 fully saturated rings. The predicted octanol–water partition coefficient (Wildman–Crippen LogP) is 3.61. The maximum atomic E-state index is 11.7. The van der Waals surface area contributed by atoms with Crippen LogP contribution in [0.15, 0.2) is 18.2 Å². The van der Waals surface area contributed by atoms with Crippen LogP contribution in [0.1, 0.15) is 41.6 Å². The molecule has 1 aliphatic rings. The van der Waals surface area contributed by atoms with Gasteiger partial charge < -0.3 is 10.5 Å². The molecule has 0 bridgehead atoms. The van der Waals surface area contributed by atoms with Crippen LogP contribution < -0.4 is 5.73 Å². The zero-order valence-corrected chi connectivity index (χ0v) is 13.2. The van der Waals surface area contributed by atoms with Crippen molar-refractivity contribution in [3.63, 3.8) is 0 Å². The van der Waals surface area contributed by atoms with E-state index in [1.54, 1.807) is 12.1 Å². The van der Waals surface area contributed by atoms with Crippen molar-refractivity contribution in [3.05, 3.63) is 34.3 Å². The van der Waals surface area contributed by atoms with E-state index in [1.165, 1.54) is 20.0 Å². The van der Waals surface area contributed by atoms with Gasteiger partial charge in [-0.2, -0.15) is 0 Å². The van der Waals surface area contributed by atoms with Gasteiger partial charge in [-0.25, -0.2) is 4.79 Å². The lowest BCUT2D eigenvalue weighted by Crippen LogP contribution is -2.24. The third kappa shape index (κ3) is 4.11. The molecule has 0 spiro atoms. The highest BCUT2D eigenvalue weighted by molar-refractivity contribution is 6.30. The smallest absolute Gasteiger partial charge is 0.338 e. The van der Waals surface area contributed by atoms with Gasteiger partial charge in [-0.05, 0) is 55.4 Å². The monoisotopic (exact) mass is 317 g/mol. The third-order valence-corrected chi connectivity index (χ3v) is 4.21. The Balaban J connectivity index is 0.00000200. The van der Waals surface area contributed by atoms with Crippen LogP contribution in [0.2, 0.25) is 5.02 Å². The molecule has 2 N–H and O–H groups in total. The first-order chi connectivity index (χ1) is 9.11. The number of methoxy groups -OCH3 is 1. The maximum absolute atomic E-state index is 11.7. The first-order valence-electron chi connectivity index (χ1n) is 6.74. The van der Waals surface area contributed by atoms with E-state index in [4.69, 9.17) is 22.1 Å². The fraction of sp³-hybridized carbons (Fsp3) is 0.533. The Bertz CT molecular complexity index is 465. The number of hydrogen-bond donors (Lipinski definition) is 1. The molecule has 1 saturated carbocycles. The van der Waals surface area contributed by atoms with Crippen molar-refractivity contribution in [1.82, 2.24) is 0 Å². The van der Waals surface area contributed by atoms with E-state index in [9.17, 15) is 4.79 Å². The van der Waals surface area contributed by atoms with E-state index >= 15 is 0 Å². The number of benzene rings is 1.